The zero-order valence-electron chi connectivity index (χ0n) is 10.6. The van der Waals surface area contributed by atoms with Crippen molar-refractivity contribution >= 4 is 27.3 Å². The summed E-state index contributed by atoms with van der Waals surface area (Å²) in [6.45, 7) is 4.19. The first-order chi connectivity index (χ1) is 8.54. The van der Waals surface area contributed by atoms with Crippen LogP contribution in [0.3, 0.4) is 0 Å². The van der Waals surface area contributed by atoms with Crippen LogP contribution in [0, 0.1) is 13.8 Å². The van der Waals surface area contributed by atoms with Crippen molar-refractivity contribution in [1.29, 1.82) is 0 Å². The lowest BCUT2D eigenvalue weighted by molar-refractivity contribution is 0.176. The Morgan fingerprint density at radius 1 is 1.17 bits per heavy atom. The van der Waals surface area contributed by atoms with Gasteiger partial charge in [-0.25, -0.2) is 0 Å². The molecular weight excluding hydrogens is 308 g/mol. The fourth-order valence-electron chi connectivity index (χ4n) is 2.04. The van der Waals surface area contributed by atoms with Gasteiger partial charge in [0, 0.05) is 11.3 Å². The molecule has 1 unspecified atom stereocenters. The van der Waals surface area contributed by atoms with E-state index in [9.17, 15) is 5.11 Å². The monoisotopic (exact) mass is 324 g/mol. The maximum absolute atomic E-state index is 10.2. The van der Waals surface area contributed by atoms with E-state index in [4.69, 9.17) is 0 Å². The predicted molar refractivity (Wildman–Crippen MR) is 81.3 cm³/mol. The summed E-state index contributed by atoms with van der Waals surface area (Å²) in [7, 11) is 0. The summed E-state index contributed by atoms with van der Waals surface area (Å²) in [6.07, 6.45) is 1.14. The molecule has 0 aliphatic heterocycles. The van der Waals surface area contributed by atoms with Gasteiger partial charge in [0.1, 0.15) is 0 Å². The Balaban J connectivity index is 2.02. The minimum absolute atomic E-state index is 0.309. The van der Waals surface area contributed by atoms with E-state index in [2.05, 4.69) is 54.0 Å². The maximum atomic E-state index is 10.2. The number of benzene rings is 1. The fourth-order valence-corrected chi connectivity index (χ4v) is 3.59. The van der Waals surface area contributed by atoms with Crippen molar-refractivity contribution in [3.63, 3.8) is 0 Å². The van der Waals surface area contributed by atoms with Gasteiger partial charge < -0.3 is 5.11 Å². The van der Waals surface area contributed by atoms with E-state index in [-0.39, 0.29) is 6.10 Å². The molecule has 1 aromatic heterocycles. The average Bonchev–Trinajstić information content (AvgIpc) is 2.69. The third-order valence-electron chi connectivity index (χ3n) is 3.03. The molecule has 0 saturated heterocycles. The third kappa shape index (κ3) is 3.67. The SMILES string of the molecule is Cc1ccc(C)c(CC(O)Cc2ccc(Br)s2)c1. The van der Waals surface area contributed by atoms with Gasteiger partial charge in [-0.3, -0.25) is 0 Å². The van der Waals surface area contributed by atoms with Crippen molar-refractivity contribution in [2.75, 3.05) is 0 Å². The minimum atomic E-state index is -0.309. The van der Waals surface area contributed by atoms with Gasteiger partial charge in [0.15, 0.2) is 0 Å². The molecule has 0 radical (unpaired) electrons. The quantitative estimate of drug-likeness (QED) is 0.890. The first kappa shape index (κ1) is 13.8. The molecule has 0 fully saturated rings. The summed E-state index contributed by atoms with van der Waals surface area (Å²) in [5, 5.41) is 10.2. The van der Waals surface area contributed by atoms with Gasteiger partial charge in [-0.2, -0.15) is 0 Å². The van der Waals surface area contributed by atoms with E-state index in [1.807, 2.05) is 6.07 Å². The normalized spacial score (nSPS) is 12.7. The molecule has 0 aliphatic carbocycles. The van der Waals surface area contributed by atoms with Gasteiger partial charge in [-0.1, -0.05) is 23.8 Å². The molecular formula is C15H17BrOS. The molecule has 1 N–H and O–H groups in total. The largest absolute Gasteiger partial charge is 0.392 e. The third-order valence-corrected chi connectivity index (χ3v) is 4.67. The Bertz CT molecular complexity index is 533. The lowest BCUT2D eigenvalue weighted by Crippen LogP contribution is -2.14. The second-order valence-electron chi connectivity index (χ2n) is 4.70. The van der Waals surface area contributed by atoms with Crippen LogP contribution in [0.1, 0.15) is 21.6 Å². The van der Waals surface area contributed by atoms with Crippen LogP contribution in [0.15, 0.2) is 34.1 Å². The van der Waals surface area contributed by atoms with Crippen LogP contribution in [-0.2, 0) is 12.8 Å². The number of thiophene rings is 1. The summed E-state index contributed by atoms with van der Waals surface area (Å²) in [5.41, 5.74) is 3.76. The minimum Gasteiger partial charge on any atom is -0.392 e. The van der Waals surface area contributed by atoms with Gasteiger partial charge in [0.25, 0.3) is 0 Å². The second kappa shape index (κ2) is 6.00. The molecule has 1 atom stereocenters. The molecule has 3 heteroatoms. The lowest BCUT2D eigenvalue weighted by Gasteiger charge is -2.12. The number of aryl methyl sites for hydroxylation is 2. The molecule has 0 aliphatic rings. The van der Waals surface area contributed by atoms with Crippen molar-refractivity contribution in [2.45, 2.75) is 32.8 Å². The first-order valence-corrected chi connectivity index (χ1v) is 7.64. The number of rotatable bonds is 4. The van der Waals surface area contributed by atoms with Crippen molar-refractivity contribution < 1.29 is 5.11 Å². The molecule has 0 amide bonds. The lowest BCUT2D eigenvalue weighted by atomic mass is 9.99. The number of hydrogen-bond donors (Lipinski definition) is 1. The molecule has 96 valence electrons. The molecule has 1 heterocycles. The van der Waals surface area contributed by atoms with Crippen molar-refractivity contribution in [3.05, 3.63) is 55.7 Å². The van der Waals surface area contributed by atoms with Gasteiger partial charge >= 0.3 is 0 Å². The number of halogens is 1. The second-order valence-corrected chi connectivity index (χ2v) is 7.25. The van der Waals surface area contributed by atoms with Crippen LogP contribution in [-0.4, -0.2) is 11.2 Å². The Labute approximate surface area is 121 Å². The Morgan fingerprint density at radius 3 is 2.61 bits per heavy atom. The van der Waals surface area contributed by atoms with E-state index >= 15 is 0 Å². The standard InChI is InChI=1S/C15H17BrOS/c1-10-3-4-11(2)12(7-10)8-13(17)9-14-5-6-15(16)18-14/h3-7,13,17H,8-9H2,1-2H3. The van der Waals surface area contributed by atoms with E-state index in [0.29, 0.717) is 0 Å². The highest BCUT2D eigenvalue weighted by atomic mass is 79.9. The van der Waals surface area contributed by atoms with E-state index in [1.54, 1.807) is 11.3 Å². The van der Waals surface area contributed by atoms with Crippen molar-refractivity contribution in [1.82, 2.24) is 0 Å². The van der Waals surface area contributed by atoms with Crippen LogP contribution >= 0.6 is 27.3 Å². The average molecular weight is 325 g/mol. The van der Waals surface area contributed by atoms with Gasteiger partial charge in [0.2, 0.25) is 0 Å². The highest BCUT2D eigenvalue weighted by Crippen LogP contribution is 2.24. The first-order valence-electron chi connectivity index (χ1n) is 6.03. The van der Waals surface area contributed by atoms with E-state index < -0.39 is 0 Å². The van der Waals surface area contributed by atoms with Crippen LogP contribution in [0.5, 0.6) is 0 Å². The summed E-state index contributed by atoms with van der Waals surface area (Å²) in [4.78, 5) is 1.22. The molecule has 2 aromatic rings. The van der Waals surface area contributed by atoms with Crippen molar-refractivity contribution in [2.24, 2.45) is 0 Å². The summed E-state index contributed by atoms with van der Waals surface area (Å²) >= 11 is 5.14. The molecule has 1 nitrogen and oxygen atoms in total. The van der Waals surface area contributed by atoms with Crippen LogP contribution in [0.25, 0.3) is 0 Å². The van der Waals surface area contributed by atoms with Gasteiger partial charge in [0.05, 0.1) is 9.89 Å². The highest BCUT2D eigenvalue weighted by molar-refractivity contribution is 9.11. The van der Waals surface area contributed by atoms with Gasteiger partial charge in [-0.05, 0) is 59.5 Å². The predicted octanol–water partition coefficient (Wildman–Crippen LogP) is 4.27. The zero-order valence-corrected chi connectivity index (χ0v) is 13.0. The topological polar surface area (TPSA) is 20.2 Å². The van der Waals surface area contributed by atoms with Crippen LogP contribution in [0.2, 0.25) is 0 Å². The smallest absolute Gasteiger partial charge is 0.0701 e. The van der Waals surface area contributed by atoms with Gasteiger partial charge in [-0.15, -0.1) is 11.3 Å². The highest BCUT2D eigenvalue weighted by Gasteiger charge is 2.10. The molecule has 1 aromatic carbocycles. The summed E-state index contributed by atoms with van der Waals surface area (Å²) in [6, 6.07) is 10.5. The Hall–Kier alpha value is -0.640. The Kier molecular flexibility index (Phi) is 4.60. The summed E-state index contributed by atoms with van der Waals surface area (Å²) < 4.78 is 1.12. The number of aliphatic hydroxyl groups excluding tert-OH is 1. The molecule has 2 rings (SSSR count). The van der Waals surface area contributed by atoms with E-state index in [1.165, 1.54) is 21.6 Å². The van der Waals surface area contributed by atoms with Crippen LogP contribution < -0.4 is 0 Å². The number of hydrogen-bond acceptors (Lipinski definition) is 2. The Morgan fingerprint density at radius 2 is 1.94 bits per heavy atom. The molecule has 0 spiro atoms. The summed E-state index contributed by atoms with van der Waals surface area (Å²) in [5.74, 6) is 0. The molecule has 18 heavy (non-hydrogen) atoms. The number of aliphatic hydroxyl groups is 1. The van der Waals surface area contributed by atoms with Crippen LogP contribution in [0.4, 0.5) is 0 Å². The fraction of sp³-hybridized carbons (Fsp3) is 0.333. The molecule has 0 saturated carbocycles. The maximum Gasteiger partial charge on any atom is 0.0701 e. The van der Waals surface area contributed by atoms with E-state index in [0.717, 1.165) is 16.6 Å². The van der Waals surface area contributed by atoms with Crippen molar-refractivity contribution in [3.8, 4) is 0 Å². The molecule has 0 bridgehead atoms. The zero-order chi connectivity index (χ0) is 13.1.